The third-order valence-electron chi connectivity index (χ3n) is 3.95. The van der Waals surface area contributed by atoms with E-state index in [4.69, 9.17) is 18.6 Å². The van der Waals surface area contributed by atoms with Crippen LogP contribution in [0.25, 0.3) is 0 Å². The van der Waals surface area contributed by atoms with Crippen LogP contribution in [-0.4, -0.2) is 25.6 Å². The number of hydrogen-bond donors (Lipinski definition) is 1. The lowest BCUT2D eigenvalue weighted by atomic mass is 10.2. The van der Waals surface area contributed by atoms with E-state index >= 15 is 0 Å². The average molecular weight is 395 g/mol. The van der Waals surface area contributed by atoms with Gasteiger partial charge in [-0.15, -0.1) is 0 Å². The van der Waals surface area contributed by atoms with Gasteiger partial charge in [-0.25, -0.2) is 4.79 Å². The molecule has 2 aromatic carbocycles. The molecule has 3 aromatic rings. The largest absolute Gasteiger partial charge is 0.495 e. The Bertz CT molecular complexity index is 980. The highest BCUT2D eigenvalue weighted by atomic mass is 16.6. The number of hydrogen-bond acceptors (Lipinski definition) is 6. The second-order valence-electron chi connectivity index (χ2n) is 6.20. The molecule has 1 heterocycles. The molecule has 0 aliphatic heterocycles. The van der Waals surface area contributed by atoms with Gasteiger partial charge in [-0.1, -0.05) is 24.3 Å². The minimum atomic E-state index is -0.734. The van der Waals surface area contributed by atoms with E-state index in [-0.39, 0.29) is 12.4 Å². The molecule has 1 N–H and O–H groups in total. The predicted octanol–water partition coefficient (Wildman–Crippen LogP) is 3.97. The number of rotatable bonds is 8. The second-order valence-corrected chi connectivity index (χ2v) is 6.20. The Balaban J connectivity index is 1.50. The van der Waals surface area contributed by atoms with Crippen LogP contribution in [0.3, 0.4) is 0 Å². The molecule has 1 amide bonds. The van der Waals surface area contributed by atoms with Crippen LogP contribution < -0.4 is 14.8 Å². The number of methoxy groups -OCH3 is 1. The van der Waals surface area contributed by atoms with Crippen molar-refractivity contribution >= 4 is 17.6 Å². The quantitative estimate of drug-likeness (QED) is 0.581. The molecule has 0 spiro atoms. The Labute approximate surface area is 168 Å². The lowest BCUT2D eigenvalue weighted by Gasteiger charge is -2.11. The fraction of sp³-hybridized carbons (Fsp3) is 0.182. The van der Waals surface area contributed by atoms with Gasteiger partial charge in [-0.3, -0.25) is 4.79 Å². The van der Waals surface area contributed by atoms with Gasteiger partial charge in [0, 0.05) is 0 Å². The summed E-state index contributed by atoms with van der Waals surface area (Å²) in [6.45, 7) is 1.61. The number of furan rings is 1. The summed E-state index contributed by atoms with van der Waals surface area (Å²) in [7, 11) is 1.51. The standard InChI is InChI=1S/C22H21NO6/c1-15-8-10-19(26-2)18(12-15)23-21(24)14-28-22(25)20-11-9-17(29-20)13-27-16-6-4-3-5-7-16/h3-12H,13-14H2,1-2H3,(H,23,24). The molecule has 29 heavy (non-hydrogen) atoms. The molecule has 7 nitrogen and oxygen atoms in total. The van der Waals surface area contributed by atoms with Gasteiger partial charge in [0.2, 0.25) is 5.76 Å². The first-order chi connectivity index (χ1) is 14.0. The summed E-state index contributed by atoms with van der Waals surface area (Å²) >= 11 is 0. The van der Waals surface area contributed by atoms with Crippen molar-refractivity contribution in [1.29, 1.82) is 0 Å². The van der Waals surface area contributed by atoms with E-state index in [0.29, 0.717) is 22.9 Å². The molecule has 150 valence electrons. The van der Waals surface area contributed by atoms with Crippen molar-refractivity contribution in [2.45, 2.75) is 13.5 Å². The molecular weight excluding hydrogens is 374 g/mol. The Morgan fingerprint density at radius 2 is 1.83 bits per heavy atom. The van der Waals surface area contributed by atoms with E-state index in [0.717, 1.165) is 5.56 Å². The van der Waals surface area contributed by atoms with E-state index in [1.807, 2.05) is 43.3 Å². The van der Waals surface area contributed by atoms with Gasteiger partial charge in [0.1, 0.15) is 23.9 Å². The first-order valence-corrected chi connectivity index (χ1v) is 8.93. The SMILES string of the molecule is COc1ccc(C)cc1NC(=O)COC(=O)c1ccc(COc2ccccc2)o1. The van der Waals surface area contributed by atoms with E-state index in [1.165, 1.54) is 13.2 Å². The van der Waals surface area contributed by atoms with Gasteiger partial charge >= 0.3 is 5.97 Å². The number of carbonyl (C=O) groups excluding carboxylic acids is 2. The minimum absolute atomic E-state index is 0.00222. The van der Waals surface area contributed by atoms with Crippen molar-refractivity contribution in [1.82, 2.24) is 0 Å². The van der Waals surface area contributed by atoms with E-state index < -0.39 is 18.5 Å². The first kappa shape index (κ1) is 20.0. The van der Waals surface area contributed by atoms with Crippen molar-refractivity contribution in [2.75, 3.05) is 19.0 Å². The second kappa shape index (κ2) is 9.45. The zero-order valence-corrected chi connectivity index (χ0v) is 16.1. The Kier molecular flexibility index (Phi) is 6.52. The van der Waals surface area contributed by atoms with Gasteiger partial charge < -0.3 is 23.9 Å². The normalized spacial score (nSPS) is 10.3. The number of benzene rings is 2. The number of nitrogens with one attached hydrogen (secondary N) is 1. The fourth-order valence-corrected chi connectivity index (χ4v) is 2.54. The Morgan fingerprint density at radius 3 is 2.59 bits per heavy atom. The van der Waals surface area contributed by atoms with Crippen molar-refractivity contribution in [3.8, 4) is 11.5 Å². The van der Waals surface area contributed by atoms with Gasteiger partial charge in [0.25, 0.3) is 5.91 Å². The molecular formula is C22H21NO6. The zero-order chi connectivity index (χ0) is 20.6. The molecule has 1 aromatic heterocycles. The summed E-state index contributed by atoms with van der Waals surface area (Å²) in [5.74, 6) is 0.455. The molecule has 0 aliphatic rings. The molecule has 0 saturated heterocycles. The maximum absolute atomic E-state index is 12.1. The first-order valence-electron chi connectivity index (χ1n) is 8.93. The molecule has 3 rings (SSSR count). The summed E-state index contributed by atoms with van der Waals surface area (Å²) in [5, 5.41) is 2.66. The molecule has 0 atom stereocenters. The van der Waals surface area contributed by atoms with Crippen molar-refractivity contribution in [2.24, 2.45) is 0 Å². The lowest BCUT2D eigenvalue weighted by Crippen LogP contribution is -2.21. The van der Waals surface area contributed by atoms with Crippen LogP contribution in [0.5, 0.6) is 11.5 Å². The minimum Gasteiger partial charge on any atom is -0.495 e. The third kappa shape index (κ3) is 5.62. The van der Waals surface area contributed by atoms with Gasteiger partial charge in [-0.05, 0) is 48.9 Å². The maximum atomic E-state index is 12.1. The summed E-state index contributed by atoms with van der Waals surface area (Å²) in [4.78, 5) is 24.2. The monoisotopic (exact) mass is 395 g/mol. The lowest BCUT2D eigenvalue weighted by molar-refractivity contribution is -0.119. The smallest absolute Gasteiger partial charge is 0.374 e. The highest BCUT2D eigenvalue weighted by Crippen LogP contribution is 2.25. The molecule has 0 radical (unpaired) electrons. The number of anilines is 1. The van der Waals surface area contributed by atoms with E-state index in [1.54, 1.807) is 18.2 Å². The Hall–Kier alpha value is -3.74. The van der Waals surface area contributed by atoms with Gasteiger partial charge in [0.15, 0.2) is 6.61 Å². The average Bonchev–Trinajstić information content (AvgIpc) is 3.21. The molecule has 0 aliphatic carbocycles. The number of ether oxygens (including phenoxy) is 3. The zero-order valence-electron chi connectivity index (χ0n) is 16.1. The van der Waals surface area contributed by atoms with E-state index in [2.05, 4.69) is 5.32 Å². The molecule has 0 bridgehead atoms. The van der Waals surface area contributed by atoms with Gasteiger partial charge in [-0.2, -0.15) is 0 Å². The summed E-state index contributed by atoms with van der Waals surface area (Å²) in [5.41, 5.74) is 1.46. The number of esters is 1. The molecule has 0 fully saturated rings. The highest BCUT2D eigenvalue weighted by Gasteiger charge is 2.16. The summed E-state index contributed by atoms with van der Waals surface area (Å²) in [6.07, 6.45) is 0. The highest BCUT2D eigenvalue weighted by molar-refractivity contribution is 5.95. The van der Waals surface area contributed by atoms with E-state index in [9.17, 15) is 9.59 Å². The van der Waals surface area contributed by atoms with Crippen molar-refractivity contribution in [3.63, 3.8) is 0 Å². The molecule has 0 unspecified atom stereocenters. The third-order valence-corrected chi connectivity index (χ3v) is 3.95. The Morgan fingerprint density at radius 1 is 1.03 bits per heavy atom. The van der Waals surface area contributed by atoms with Crippen LogP contribution in [-0.2, 0) is 16.1 Å². The summed E-state index contributed by atoms with van der Waals surface area (Å²) in [6, 6.07) is 17.7. The number of aryl methyl sites for hydroxylation is 1. The number of para-hydroxylation sites is 1. The van der Waals surface area contributed by atoms with Crippen LogP contribution in [0.1, 0.15) is 21.9 Å². The van der Waals surface area contributed by atoms with Crippen LogP contribution >= 0.6 is 0 Å². The van der Waals surface area contributed by atoms with Crippen molar-refractivity contribution < 1.29 is 28.2 Å². The predicted molar refractivity (Wildman–Crippen MR) is 106 cm³/mol. The number of amides is 1. The maximum Gasteiger partial charge on any atom is 0.374 e. The summed E-state index contributed by atoms with van der Waals surface area (Å²) < 4.78 is 21.2. The van der Waals surface area contributed by atoms with Crippen LogP contribution in [0.4, 0.5) is 5.69 Å². The van der Waals surface area contributed by atoms with Crippen molar-refractivity contribution in [3.05, 3.63) is 77.7 Å². The number of carbonyl (C=O) groups is 2. The fourth-order valence-electron chi connectivity index (χ4n) is 2.54. The molecule has 0 saturated carbocycles. The van der Waals surface area contributed by atoms with Crippen LogP contribution in [0.15, 0.2) is 65.1 Å². The molecule has 7 heteroatoms. The van der Waals surface area contributed by atoms with Crippen LogP contribution in [0, 0.1) is 6.92 Å². The van der Waals surface area contributed by atoms with Gasteiger partial charge in [0.05, 0.1) is 12.8 Å². The topological polar surface area (TPSA) is 87.0 Å². The van der Waals surface area contributed by atoms with Crippen LogP contribution in [0.2, 0.25) is 0 Å².